The first-order valence-corrected chi connectivity index (χ1v) is 12.0. The van der Waals surface area contributed by atoms with Crippen LogP contribution in [0, 0.1) is 6.92 Å². The fourth-order valence-corrected chi connectivity index (χ4v) is 4.07. The van der Waals surface area contributed by atoms with Crippen LogP contribution in [0.1, 0.15) is 41.3 Å². The molecule has 0 aliphatic heterocycles. The van der Waals surface area contributed by atoms with E-state index in [1.165, 1.54) is 24.5 Å². The van der Waals surface area contributed by atoms with Crippen molar-refractivity contribution in [2.24, 2.45) is 0 Å². The molecule has 0 atom stereocenters. The SMILES string of the molecule is CCCCc1ccc(-n2nc3cc(C)c(NC(=S)NC(=O)c4cc(Cl)ccc4Cl)cc3n2)cc1. The zero-order chi connectivity index (χ0) is 24.2. The molecular formula is C25H23Cl2N5OS. The molecule has 9 heteroatoms. The van der Waals surface area contributed by atoms with Gasteiger partial charge in [0.05, 0.1) is 16.3 Å². The van der Waals surface area contributed by atoms with Crippen molar-refractivity contribution in [2.75, 3.05) is 5.32 Å². The van der Waals surface area contributed by atoms with Gasteiger partial charge < -0.3 is 5.32 Å². The molecule has 174 valence electrons. The zero-order valence-electron chi connectivity index (χ0n) is 18.7. The van der Waals surface area contributed by atoms with Crippen LogP contribution in [-0.2, 0) is 6.42 Å². The van der Waals surface area contributed by atoms with Gasteiger partial charge in [-0.2, -0.15) is 4.80 Å². The second-order valence-corrected chi connectivity index (χ2v) is 9.20. The van der Waals surface area contributed by atoms with Crippen molar-refractivity contribution < 1.29 is 4.79 Å². The van der Waals surface area contributed by atoms with Crippen LogP contribution in [0.3, 0.4) is 0 Å². The second kappa shape index (κ2) is 10.5. The molecule has 4 rings (SSSR count). The summed E-state index contributed by atoms with van der Waals surface area (Å²) in [4.78, 5) is 14.2. The standard InChI is InChI=1S/C25H23Cl2N5OS/c1-3-4-5-16-6-9-18(10-7-16)32-30-22-12-15(2)21(14-23(22)31-32)28-25(34)29-24(33)19-13-17(26)8-11-20(19)27/h6-14H,3-5H2,1-2H3,(H2,28,29,33,34). The Kier molecular flexibility index (Phi) is 7.46. The molecule has 0 fully saturated rings. The monoisotopic (exact) mass is 511 g/mol. The number of hydrogen-bond donors (Lipinski definition) is 2. The maximum Gasteiger partial charge on any atom is 0.258 e. The molecule has 4 aromatic rings. The van der Waals surface area contributed by atoms with Crippen LogP contribution in [0.25, 0.3) is 16.7 Å². The van der Waals surface area contributed by atoms with Gasteiger partial charge in [-0.3, -0.25) is 10.1 Å². The molecule has 1 amide bonds. The molecule has 0 spiro atoms. The summed E-state index contributed by atoms with van der Waals surface area (Å²) in [5.74, 6) is -0.447. The molecule has 0 aliphatic rings. The third-order valence-electron chi connectivity index (χ3n) is 5.36. The maximum absolute atomic E-state index is 12.6. The summed E-state index contributed by atoms with van der Waals surface area (Å²) in [6.07, 6.45) is 3.41. The summed E-state index contributed by atoms with van der Waals surface area (Å²) in [7, 11) is 0. The molecule has 0 bridgehead atoms. The van der Waals surface area contributed by atoms with E-state index in [0.717, 1.165) is 28.9 Å². The Bertz CT molecular complexity index is 1370. The molecule has 2 N–H and O–H groups in total. The number of benzene rings is 3. The van der Waals surface area contributed by atoms with Crippen LogP contribution in [0.5, 0.6) is 0 Å². The normalized spacial score (nSPS) is 10.9. The van der Waals surface area contributed by atoms with Gasteiger partial charge in [-0.15, -0.1) is 10.2 Å². The molecule has 1 heterocycles. The first-order chi connectivity index (χ1) is 16.3. The number of anilines is 1. The molecule has 3 aromatic carbocycles. The minimum atomic E-state index is -0.447. The minimum absolute atomic E-state index is 0.138. The van der Waals surface area contributed by atoms with Gasteiger partial charge in [-0.25, -0.2) is 0 Å². The van der Waals surface area contributed by atoms with Crippen LogP contribution >= 0.6 is 35.4 Å². The second-order valence-electron chi connectivity index (χ2n) is 7.95. The highest BCUT2D eigenvalue weighted by molar-refractivity contribution is 7.80. The van der Waals surface area contributed by atoms with Gasteiger partial charge in [0, 0.05) is 10.7 Å². The summed E-state index contributed by atoms with van der Waals surface area (Å²) in [5.41, 5.74) is 5.54. The van der Waals surface area contributed by atoms with Crippen LogP contribution in [-0.4, -0.2) is 26.0 Å². The summed E-state index contributed by atoms with van der Waals surface area (Å²) < 4.78 is 0. The number of halogens is 2. The van der Waals surface area contributed by atoms with E-state index in [0.29, 0.717) is 10.5 Å². The summed E-state index contributed by atoms with van der Waals surface area (Å²) >= 11 is 17.4. The number of nitrogens with zero attached hydrogens (tertiary/aromatic N) is 3. The third-order valence-corrected chi connectivity index (χ3v) is 6.13. The lowest BCUT2D eigenvalue weighted by atomic mass is 10.1. The van der Waals surface area contributed by atoms with E-state index in [2.05, 4.69) is 39.9 Å². The van der Waals surface area contributed by atoms with Gasteiger partial charge in [-0.05, 0) is 85.6 Å². The Hall–Kier alpha value is -3.00. The van der Waals surface area contributed by atoms with Crippen LogP contribution in [0.2, 0.25) is 10.0 Å². The summed E-state index contributed by atoms with van der Waals surface area (Å²) in [5, 5.41) is 15.8. The van der Waals surface area contributed by atoms with E-state index in [4.69, 9.17) is 35.4 Å². The Morgan fingerprint density at radius 3 is 2.44 bits per heavy atom. The lowest BCUT2D eigenvalue weighted by Crippen LogP contribution is -2.34. The van der Waals surface area contributed by atoms with Gasteiger partial charge >= 0.3 is 0 Å². The summed E-state index contributed by atoms with van der Waals surface area (Å²) in [6, 6.07) is 16.7. The van der Waals surface area contributed by atoms with Crippen LogP contribution in [0.4, 0.5) is 5.69 Å². The molecule has 0 saturated carbocycles. The Morgan fingerprint density at radius 1 is 1.03 bits per heavy atom. The van der Waals surface area contributed by atoms with Crippen molar-refractivity contribution in [2.45, 2.75) is 33.1 Å². The first-order valence-electron chi connectivity index (χ1n) is 10.9. The molecule has 0 aliphatic carbocycles. The molecule has 0 radical (unpaired) electrons. The Balaban J connectivity index is 1.50. The molecule has 34 heavy (non-hydrogen) atoms. The van der Waals surface area contributed by atoms with Crippen molar-refractivity contribution in [1.29, 1.82) is 0 Å². The number of nitrogens with one attached hydrogen (secondary N) is 2. The molecular weight excluding hydrogens is 489 g/mol. The average Bonchev–Trinajstić information content (AvgIpc) is 3.22. The predicted molar refractivity (Wildman–Crippen MR) is 142 cm³/mol. The number of fused-ring (bicyclic) bond motifs is 1. The number of aryl methyl sites for hydroxylation is 2. The molecule has 0 unspecified atom stereocenters. The zero-order valence-corrected chi connectivity index (χ0v) is 21.1. The Morgan fingerprint density at radius 2 is 1.74 bits per heavy atom. The quantitative estimate of drug-likeness (QED) is 0.289. The number of hydrogen-bond acceptors (Lipinski definition) is 4. The average molecular weight is 512 g/mol. The number of carbonyl (C=O) groups excluding carboxylic acids is 1. The van der Waals surface area contributed by atoms with Gasteiger partial charge in [0.1, 0.15) is 11.0 Å². The fraction of sp³-hybridized carbons (Fsp3) is 0.200. The maximum atomic E-state index is 12.6. The molecule has 0 saturated heterocycles. The smallest absolute Gasteiger partial charge is 0.258 e. The highest BCUT2D eigenvalue weighted by Gasteiger charge is 2.14. The molecule has 1 aromatic heterocycles. The van der Waals surface area contributed by atoms with Crippen molar-refractivity contribution in [3.05, 3.63) is 81.3 Å². The number of amides is 1. The number of thiocarbonyl (C=S) groups is 1. The molecule has 6 nitrogen and oxygen atoms in total. The topological polar surface area (TPSA) is 71.8 Å². The highest BCUT2D eigenvalue weighted by atomic mass is 35.5. The third kappa shape index (κ3) is 5.55. The van der Waals surface area contributed by atoms with E-state index in [-0.39, 0.29) is 15.7 Å². The van der Waals surface area contributed by atoms with Crippen molar-refractivity contribution in [1.82, 2.24) is 20.3 Å². The fourth-order valence-electron chi connectivity index (χ4n) is 3.49. The van der Waals surface area contributed by atoms with Crippen molar-refractivity contribution >= 4 is 63.2 Å². The lowest BCUT2D eigenvalue weighted by Gasteiger charge is -2.12. The van der Waals surface area contributed by atoms with Gasteiger partial charge in [0.2, 0.25) is 0 Å². The summed E-state index contributed by atoms with van der Waals surface area (Å²) in [6.45, 7) is 4.12. The number of carbonyl (C=O) groups is 1. The highest BCUT2D eigenvalue weighted by Crippen LogP contribution is 2.23. The lowest BCUT2D eigenvalue weighted by molar-refractivity contribution is 0.0978. The van der Waals surface area contributed by atoms with Gasteiger partial charge in [0.15, 0.2) is 5.11 Å². The van der Waals surface area contributed by atoms with E-state index in [1.54, 1.807) is 16.9 Å². The van der Waals surface area contributed by atoms with Crippen LogP contribution in [0.15, 0.2) is 54.6 Å². The van der Waals surface area contributed by atoms with Crippen molar-refractivity contribution in [3.63, 3.8) is 0 Å². The van der Waals surface area contributed by atoms with Crippen molar-refractivity contribution in [3.8, 4) is 5.69 Å². The van der Waals surface area contributed by atoms with E-state index in [9.17, 15) is 4.79 Å². The Labute approximate surface area is 213 Å². The van der Waals surface area contributed by atoms with Gasteiger partial charge in [0.25, 0.3) is 5.91 Å². The van der Waals surface area contributed by atoms with E-state index >= 15 is 0 Å². The number of aromatic nitrogens is 3. The van der Waals surface area contributed by atoms with Gasteiger partial charge in [-0.1, -0.05) is 48.7 Å². The number of rotatable bonds is 6. The first kappa shape index (κ1) is 24.1. The largest absolute Gasteiger partial charge is 0.332 e. The minimum Gasteiger partial charge on any atom is -0.332 e. The van der Waals surface area contributed by atoms with E-state index in [1.807, 2.05) is 31.2 Å². The predicted octanol–water partition coefficient (Wildman–Crippen LogP) is 6.51. The van der Waals surface area contributed by atoms with E-state index < -0.39 is 5.91 Å². The number of unbranched alkanes of at least 4 members (excludes halogenated alkanes) is 1. The van der Waals surface area contributed by atoms with Crippen LogP contribution < -0.4 is 10.6 Å².